The molecule has 0 aliphatic heterocycles. The SMILES string of the molecule is COc1ccc(-c2nnn(CCSc3ccccc3F)n2)cc1OC. The van der Waals surface area contributed by atoms with Gasteiger partial charge in [0.15, 0.2) is 11.5 Å². The molecule has 0 fully saturated rings. The molecule has 0 spiro atoms. The summed E-state index contributed by atoms with van der Waals surface area (Å²) in [5.74, 6) is 2.16. The number of thioether (sulfide) groups is 1. The van der Waals surface area contributed by atoms with Crippen molar-refractivity contribution >= 4 is 11.8 Å². The Hall–Kier alpha value is -2.61. The molecule has 0 unspecified atom stereocenters. The monoisotopic (exact) mass is 360 g/mol. The molecule has 2 aromatic carbocycles. The molecule has 0 atom stereocenters. The van der Waals surface area contributed by atoms with Gasteiger partial charge in [0.2, 0.25) is 5.82 Å². The third-order valence-electron chi connectivity index (χ3n) is 3.48. The molecule has 0 aliphatic rings. The van der Waals surface area contributed by atoms with E-state index in [1.54, 1.807) is 38.5 Å². The van der Waals surface area contributed by atoms with E-state index in [9.17, 15) is 4.39 Å². The normalized spacial score (nSPS) is 10.7. The fraction of sp³-hybridized carbons (Fsp3) is 0.235. The summed E-state index contributed by atoms with van der Waals surface area (Å²) < 4.78 is 24.1. The van der Waals surface area contributed by atoms with Gasteiger partial charge < -0.3 is 9.47 Å². The van der Waals surface area contributed by atoms with Crippen molar-refractivity contribution in [3.05, 3.63) is 48.3 Å². The predicted octanol–water partition coefficient (Wildman–Crippen LogP) is 3.29. The zero-order valence-corrected chi connectivity index (χ0v) is 14.7. The van der Waals surface area contributed by atoms with E-state index in [0.717, 1.165) is 5.56 Å². The Morgan fingerprint density at radius 3 is 2.64 bits per heavy atom. The molecule has 3 aromatic rings. The zero-order chi connectivity index (χ0) is 17.6. The number of aryl methyl sites for hydroxylation is 1. The minimum absolute atomic E-state index is 0.218. The quantitative estimate of drug-likeness (QED) is 0.603. The Morgan fingerprint density at radius 1 is 1.08 bits per heavy atom. The summed E-state index contributed by atoms with van der Waals surface area (Å²) in [4.78, 5) is 2.11. The van der Waals surface area contributed by atoms with E-state index in [-0.39, 0.29) is 5.82 Å². The Balaban J connectivity index is 1.65. The number of nitrogens with zero attached hydrogens (tertiary/aromatic N) is 4. The standard InChI is InChI=1S/C17H17FN4O2S/c1-23-14-8-7-12(11-15(14)24-2)17-19-21-22(20-17)9-10-25-16-6-4-3-5-13(16)18/h3-8,11H,9-10H2,1-2H3. The van der Waals surface area contributed by atoms with E-state index in [0.29, 0.717) is 34.5 Å². The van der Waals surface area contributed by atoms with Crippen LogP contribution in [0, 0.1) is 5.82 Å². The number of methoxy groups -OCH3 is 2. The number of rotatable bonds is 7. The maximum atomic E-state index is 13.6. The highest BCUT2D eigenvalue weighted by molar-refractivity contribution is 7.99. The van der Waals surface area contributed by atoms with Gasteiger partial charge in [-0.05, 0) is 35.5 Å². The first-order chi connectivity index (χ1) is 12.2. The highest BCUT2D eigenvalue weighted by Crippen LogP contribution is 2.30. The van der Waals surface area contributed by atoms with Gasteiger partial charge in [0.25, 0.3) is 0 Å². The Bertz CT molecular complexity index is 856. The number of aromatic nitrogens is 4. The number of hydrogen-bond acceptors (Lipinski definition) is 6. The highest BCUT2D eigenvalue weighted by atomic mass is 32.2. The molecule has 25 heavy (non-hydrogen) atoms. The second-order valence-electron chi connectivity index (χ2n) is 5.06. The number of benzene rings is 2. The minimum atomic E-state index is -0.218. The minimum Gasteiger partial charge on any atom is -0.493 e. The zero-order valence-electron chi connectivity index (χ0n) is 13.8. The van der Waals surface area contributed by atoms with Gasteiger partial charge in [-0.2, -0.15) is 4.80 Å². The molecule has 0 amide bonds. The Morgan fingerprint density at radius 2 is 1.88 bits per heavy atom. The van der Waals surface area contributed by atoms with Gasteiger partial charge in [0, 0.05) is 16.2 Å². The van der Waals surface area contributed by atoms with Gasteiger partial charge in [-0.3, -0.25) is 0 Å². The summed E-state index contributed by atoms with van der Waals surface area (Å²) >= 11 is 1.42. The first-order valence-electron chi connectivity index (χ1n) is 7.59. The van der Waals surface area contributed by atoms with E-state index >= 15 is 0 Å². The lowest BCUT2D eigenvalue weighted by atomic mass is 10.2. The van der Waals surface area contributed by atoms with Gasteiger partial charge in [-0.15, -0.1) is 22.0 Å². The van der Waals surface area contributed by atoms with Crippen LogP contribution >= 0.6 is 11.8 Å². The molecule has 8 heteroatoms. The van der Waals surface area contributed by atoms with Gasteiger partial charge in [-0.1, -0.05) is 12.1 Å². The van der Waals surface area contributed by atoms with Crippen LogP contribution in [0.25, 0.3) is 11.4 Å². The molecular formula is C17H17FN4O2S. The van der Waals surface area contributed by atoms with Crippen LogP contribution in [0.4, 0.5) is 4.39 Å². The maximum absolute atomic E-state index is 13.6. The largest absolute Gasteiger partial charge is 0.493 e. The lowest BCUT2D eigenvalue weighted by Crippen LogP contribution is -2.05. The van der Waals surface area contributed by atoms with E-state index in [2.05, 4.69) is 15.4 Å². The number of tetrazole rings is 1. The van der Waals surface area contributed by atoms with Crippen LogP contribution < -0.4 is 9.47 Å². The van der Waals surface area contributed by atoms with Crippen molar-refractivity contribution in [1.29, 1.82) is 0 Å². The highest BCUT2D eigenvalue weighted by Gasteiger charge is 2.11. The van der Waals surface area contributed by atoms with Gasteiger partial charge in [0.05, 0.1) is 20.8 Å². The second-order valence-corrected chi connectivity index (χ2v) is 6.19. The number of halogens is 1. The van der Waals surface area contributed by atoms with Gasteiger partial charge >= 0.3 is 0 Å². The van der Waals surface area contributed by atoms with Crippen molar-refractivity contribution < 1.29 is 13.9 Å². The van der Waals surface area contributed by atoms with E-state index in [4.69, 9.17) is 9.47 Å². The predicted molar refractivity (Wildman–Crippen MR) is 93.5 cm³/mol. The molecule has 1 heterocycles. The molecule has 1 aromatic heterocycles. The van der Waals surface area contributed by atoms with E-state index in [1.807, 2.05) is 12.1 Å². The lowest BCUT2D eigenvalue weighted by Gasteiger charge is -2.07. The Kier molecular flexibility index (Phi) is 5.49. The lowest BCUT2D eigenvalue weighted by molar-refractivity contribution is 0.355. The summed E-state index contributed by atoms with van der Waals surface area (Å²) in [5, 5.41) is 12.5. The third kappa shape index (κ3) is 4.08. The first kappa shape index (κ1) is 17.2. The van der Waals surface area contributed by atoms with E-state index < -0.39 is 0 Å². The Labute approximate surface area is 149 Å². The fourth-order valence-electron chi connectivity index (χ4n) is 2.23. The van der Waals surface area contributed by atoms with Crippen molar-refractivity contribution in [1.82, 2.24) is 20.2 Å². The second kappa shape index (κ2) is 7.98. The van der Waals surface area contributed by atoms with Gasteiger partial charge in [-0.25, -0.2) is 4.39 Å². The van der Waals surface area contributed by atoms with Crippen LogP contribution in [0.5, 0.6) is 11.5 Å². The molecule has 0 N–H and O–H groups in total. The average molecular weight is 360 g/mol. The fourth-order valence-corrected chi connectivity index (χ4v) is 3.08. The van der Waals surface area contributed by atoms with Crippen molar-refractivity contribution in [2.24, 2.45) is 0 Å². The van der Waals surface area contributed by atoms with Crippen LogP contribution in [0.2, 0.25) is 0 Å². The molecule has 0 aliphatic carbocycles. The molecule has 0 saturated heterocycles. The third-order valence-corrected chi connectivity index (χ3v) is 4.51. The summed E-state index contributed by atoms with van der Waals surface area (Å²) in [7, 11) is 3.16. The van der Waals surface area contributed by atoms with Crippen LogP contribution in [0.3, 0.4) is 0 Å². The average Bonchev–Trinajstić information content (AvgIpc) is 3.11. The molecule has 0 bridgehead atoms. The molecule has 6 nitrogen and oxygen atoms in total. The van der Waals surface area contributed by atoms with Crippen molar-refractivity contribution in [2.45, 2.75) is 11.4 Å². The maximum Gasteiger partial charge on any atom is 0.205 e. The number of ether oxygens (including phenoxy) is 2. The molecule has 3 rings (SSSR count). The molecule has 0 saturated carbocycles. The van der Waals surface area contributed by atoms with Crippen molar-refractivity contribution in [2.75, 3.05) is 20.0 Å². The summed E-state index contributed by atoms with van der Waals surface area (Å²) in [6, 6.07) is 12.1. The molecular weight excluding hydrogens is 343 g/mol. The first-order valence-corrected chi connectivity index (χ1v) is 8.57. The molecule has 130 valence electrons. The van der Waals surface area contributed by atoms with Crippen LogP contribution in [-0.2, 0) is 6.54 Å². The molecule has 0 radical (unpaired) electrons. The van der Waals surface area contributed by atoms with Crippen LogP contribution in [-0.4, -0.2) is 40.2 Å². The van der Waals surface area contributed by atoms with Crippen molar-refractivity contribution in [3.8, 4) is 22.9 Å². The summed E-state index contributed by atoms with van der Waals surface area (Å²) in [6.45, 7) is 0.527. The smallest absolute Gasteiger partial charge is 0.205 e. The van der Waals surface area contributed by atoms with Gasteiger partial charge in [0.1, 0.15) is 5.82 Å². The van der Waals surface area contributed by atoms with Crippen LogP contribution in [0.15, 0.2) is 47.4 Å². The summed E-state index contributed by atoms with van der Waals surface area (Å²) in [6.07, 6.45) is 0. The topological polar surface area (TPSA) is 62.1 Å². The summed E-state index contributed by atoms with van der Waals surface area (Å²) in [5.41, 5.74) is 0.783. The number of hydrogen-bond donors (Lipinski definition) is 0. The van der Waals surface area contributed by atoms with E-state index in [1.165, 1.54) is 22.6 Å². The van der Waals surface area contributed by atoms with Crippen LogP contribution in [0.1, 0.15) is 0 Å². The van der Waals surface area contributed by atoms with Crippen molar-refractivity contribution in [3.63, 3.8) is 0 Å².